The van der Waals surface area contributed by atoms with Crippen molar-refractivity contribution >= 4 is 6.09 Å². The van der Waals surface area contributed by atoms with E-state index in [4.69, 9.17) is 9.47 Å². The molecule has 1 heterocycles. The average Bonchev–Trinajstić information content (AvgIpc) is 2.46. The van der Waals surface area contributed by atoms with Crippen molar-refractivity contribution in [3.63, 3.8) is 0 Å². The first kappa shape index (κ1) is 13.4. The van der Waals surface area contributed by atoms with Gasteiger partial charge in [-0.15, -0.1) is 0 Å². The van der Waals surface area contributed by atoms with E-state index in [2.05, 4.69) is 0 Å². The molecule has 0 bridgehead atoms. The molecule has 19 heavy (non-hydrogen) atoms. The fourth-order valence-corrected chi connectivity index (χ4v) is 1.88. The molecule has 1 aromatic rings. The lowest BCUT2D eigenvalue weighted by Crippen LogP contribution is -2.40. The Kier molecular flexibility index (Phi) is 4.41. The Morgan fingerprint density at radius 3 is 2.84 bits per heavy atom. The molecule has 0 unspecified atom stereocenters. The van der Waals surface area contributed by atoms with E-state index in [0.717, 1.165) is 5.56 Å². The molecule has 0 saturated carbocycles. The second-order valence-corrected chi connectivity index (χ2v) is 4.29. The number of β-amino-alcohol motifs (C(OH)–C–C–N with tert-alkyl or cyclic N) is 1. The van der Waals surface area contributed by atoms with Crippen LogP contribution in [0.15, 0.2) is 42.3 Å². The van der Waals surface area contributed by atoms with Crippen LogP contribution >= 0.6 is 0 Å². The molecule has 102 valence electrons. The van der Waals surface area contributed by atoms with E-state index in [1.165, 1.54) is 12.0 Å². The van der Waals surface area contributed by atoms with Gasteiger partial charge < -0.3 is 14.6 Å². The normalized spacial score (nSPS) is 18.7. The van der Waals surface area contributed by atoms with Crippen molar-refractivity contribution in [3.8, 4) is 0 Å². The Labute approximate surface area is 112 Å². The second kappa shape index (κ2) is 6.24. The number of rotatable bonds is 3. The predicted molar refractivity (Wildman–Crippen MR) is 69.0 cm³/mol. The van der Waals surface area contributed by atoms with Crippen molar-refractivity contribution in [3.05, 3.63) is 47.9 Å². The molecule has 1 aliphatic heterocycles. The van der Waals surface area contributed by atoms with E-state index in [9.17, 15) is 9.90 Å². The van der Waals surface area contributed by atoms with Gasteiger partial charge in [0.15, 0.2) is 5.88 Å². The maximum absolute atomic E-state index is 12.0. The third kappa shape index (κ3) is 3.48. The Balaban J connectivity index is 1.95. The minimum Gasteiger partial charge on any atom is -0.482 e. The van der Waals surface area contributed by atoms with Crippen LogP contribution in [0, 0.1) is 0 Å². The number of aliphatic hydroxyl groups is 1. The van der Waals surface area contributed by atoms with E-state index in [0.29, 0.717) is 12.3 Å². The lowest BCUT2D eigenvalue weighted by Gasteiger charge is -2.29. The van der Waals surface area contributed by atoms with Crippen LogP contribution in [-0.4, -0.2) is 35.9 Å². The molecular formula is C14H17NO4. The molecule has 0 radical (unpaired) electrons. The lowest BCUT2D eigenvalue weighted by molar-refractivity contribution is 0.0441. The number of hydrogen-bond acceptors (Lipinski definition) is 4. The summed E-state index contributed by atoms with van der Waals surface area (Å²) < 4.78 is 10.3. The molecular weight excluding hydrogens is 246 g/mol. The number of carbonyl (C=O) groups excluding carboxylic acids is 1. The van der Waals surface area contributed by atoms with E-state index >= 15 is 0 Å². The largest absolute Gasteiger partial charge is 0.482 e. The second-order valence-electron chi connectivity index (χ2n) is 4.29. The zero-order chi connectivity index (χ0) is 13.7. The van der Waals surface area contributed by atoms with Gasteiger partial charge >= 0.3 is 6.09 Å². The third-order valence-electron chi connectivity index (χ3n) is 2.86. The maximum atomic E-state index is 12.0. The first-order valence-corrected chi connectivity index (χ1v) is 6.11. The van der Waals surface area contributed by atoms with Gasteiger partial charge in [0.25, 0.3) is 0 Å². The summed E-state index contributed by atoms with van der Waals surface area (Å²) in [5, 5.41) is 9.58. The summed E-state index contributed by atoms with van der Waals surface area (Å²) in [6.45, 7) is 0.385. The van der Waals surface area contributed by atoms with Crippen LogP contribution in [0.25, 0.3) is 0 Å². The van der Waals surface area contributed by atoms with Crippen LogP contribution in [0.2, 0.25) is 0 Å². The van der Waals surface area contributed by atoms with Crippen LogP contribution in [0.5, 0.6) is 0 Å². The molecule has 5 heteroatoms. The van der Waals surface area contributed by atoms with Gasteiger partial charge in [-0.25, -0.2) is 9.69 Å². The van der Waals surface area contributed by atoms with Gasteiger partial charge in [0.2, 0.25) is 0 Å². The quantitative estimate of drug-likeness (QED) is 0.904. The molecule has 0 fully saturated rings. The molecule has 5 nitrogen and oxygen atoms in total. The lowest BCUT2D eigenvalue weighted by atomic mass is 10.2. The van der Waals surface area contributed by atoms with Gasteiger partial charge in [-0.1, -0.05) is 30.3 Å². The minimum atomic E-state index is -0.580. The zero-order valence-electron chi connectivity index (χ0n) is 10.8. The molecule has 1 N–H and O–H groups in total. The number of amides is 1. The number of aliphatic hydroxyl groups excluding tert-OH is 1. The Morgan fingerprint density at radius 1 is 1.42 bits per heavy atom. The van der Waals surface area contributed by atoms with Crippen molar-refractivity contribution < 1.29 is 19.4 Å². The van der Waals surface area contributed by atoms with Crippen molar-refractivity contribution in [2.45, 2.75) is 19.1 Å². The Morgan fingerprint density at radius 2 is 2.16 bits per heavy atom. The van der Waals surface area contributed by atoms with Gasteiger partial charge in [-0.05, 0) is 18.1 Å². The topological polar surface area (TPSA) is 59.0 Å². The smallest absolute Gasteiger partial charge is 0.417 e. The van der Waals surface area contributed by atoms with Gasteiger partial charge in [0.1, 0.15) is 6.61 Å². The molecule has 2 rings (SSSR count). The first-order valence-electron chi connectivity index (χ1n) is 6.11. The first-order chi connectivity index (χ1) is 9.20. The van der Waals surface area contributed by atoms with E-state index < -0.39 is 12.2 Å². The van der Waals surface area contributed by atoms with Crippen molar-refractivity contribution in [1.82, 2.24) is 4.90 Å². The molecule has 0 spiro atoms. The number of benzene rings is 1. The standard InChI is InChI=1S/C14H17NO4/c1-18-13-8-7-12(16)9-15(13)14(17)19-10-11-5-3-2-4-6-11/h2-6,8,12,16H,7,9-10H2,1H3/t12-/m1/s1. The van der Waals surface area contributed by atoms with Gasteiger partial charge in [0.05, 0.1) is 19.8 Å². The zero-order valence-corrected chi connectivity index (χ0v) is 10.8. The minimum absolute atomic E-state index is 0.188. The highest BCUT2D eigenvalue weighted by atomic mass is 16.6. The Hall–Kier alpha value is -2.01. The molecule has 0 aliphatic carbocycles. The third-order valence-corrected chi connectivity index (χ3v) is 2.86. The molecule has 1 aromatic carbocycles. The summed E-state index contributed by atoms with van der Waals surface area (Å²) in [6, 6.07) is 9.43. The highest BCUT2D eigenvalue weighted by Gasteiger charge is 2.26. The number of ether oxygens (including phenoxy) is 2. The summed E-state index contributed by atoms with van der Waals surface area (Å²) in [6.07, 6.45) is 1.06. The number of carbonyl (C=O) groups is 1. The maximum Gasteiger partial charge on any atom is 0.417 e. The monoisotopic (exact) mass is 263 g/mol. The molecule has 1 aliphatic rings. The number of methoxy groups -OCH3 is 1. The summed E-state index contributed by atoms with van der Waals surface area (Å²) in [5.41, 5.74) is 0.913. The van der Waals surface area contributed by atoms with Crippen LogP contribution in [0.1, 0.15) is 12.0 Å². The summed E-state index contributed by atoms with van der Waals surface area (Å²) in [4.78, 5) is 13.3. The van der Waals surface area contributed by atoms with Crippen molar-refractivity contribution in [2.24, 2.45) is 0 Å². The fraction of sp³-hybridized carbons (Fsp3) is 0.357. The molecule has 0 aromatic heterocycles. The fourth-order valence-electron chi connectivity index (χ4n) is 1.88. The summed E-state index contributed by atoms with van der Waals surface area (Å²) in [7, 11) is 1.49. The summed E-state index contributed by atoms with van der Waals surface area (Å²) >= 11 is 0. The highest BCUT2D eigenvalue weighted by molar-refractivity contribution is 5.69. The SMILES string of the molecule is COC1=CC[C@@H](O)CN1C(=O)OCc1ccccc1. The van der Waals surface area contributed by atoms with Gasteiger partial charge in [-0.2, -0.15) is 0 Å². The van der Waals surface area contributed by atoms with E-state index in [1.807, 2.05) is 30.3 Å². The van der Waals surface area contributed by atoms with E-state index in [-0.39, 0.29) is 13.2 Å². The van der Waals surface area contributed by atoms with Crippen molar-refractivity contribution in [1.29, 1.82) is 0 Å². The molecule has 0 saturated heterocycles. The number of nitrogens with zero attached hydrogens (tertiary/aromatic N) is 1. The van der Waals surface area contributed by atoms with Crippen LogP contribution < -0.4 is 0 Å². The summed E-state index contributed by atoms with van der Waals surface area (Å²) in [5.74, 6) is 0.420. The highest BCUT2D eigenvalue weighted by Crippen LogP contribution is 2.17. The van der Waals surface area contributed by atoms with Crippen LogP contribution in [0.3, 0.4) is 0 Å². The van der Waals surface area contributed by atoms with E-state index in [1.54, 1.807) is 6.08 Å². The molecule has 1 atom stereocenters. The van der Waals surface area contributed by atoms with Gasteiger partial charge in [0, 0.05) is 0 Å². The number of hydrogen-bond donors (Lipinski definition) is 1. The Bertz CT molecular complexity index is 458. The van der Waals surface area contributed by atoms with Crippen molar-refractivity contribution in [2.75, 3.05) is 13.7 Å². The predicted octanol–water partition coefficient (Wildman–Crippen LogP) is 1.88. The van der Waals surface area contributed by atoms with Crippen LogP contribution in [0.4, 0.5) is 4.79 Å². The molecule has 1 amide bonds. The van der Waals surface area contributed by atoms with Gasteiger partial charge in [-0.3, -0.25) is 0 Å². The average molecular weight is 263 g/mol. The van der Waals surface area contributed by atoms with Crippen LogP contribution in [-0.2, 0) is 16.1 Å².